The Morgan fingerprint density at radius 1 is 1.05 bits per heavy atom. The van der Waals surface area contributed by atoms with Gasteiger partial charge in [0.2, 0.25) is 0 Å². The number of amides is 1. The van der Waals surface area contributed by atoms with Crippen molar-refractivity contribution in [3.8, 4) is 0 Å². The number of nitrogens with one attached hydrogen (secondary N) is 2. The predicted octanol–water partition coefficient (Wildman–Crippen LogP) is 2.71. The summed E-state index contributed by atoms with van der Waals surface area (Å²) in [7, 11) is 0. The van der Waals surface area contributed by atoms with Gasteiger partial charge in [-0.3, -0.25) is 4.79 Å². The molecule has 1 unspecified atom stereocenters. The maximum absolute atomic E-state index is 12.5. The van der Waals surface area contributed by atoms with Crippen LogP contribution in [0.2, 0.25) is 0 Å². The molecule has 3 nitrogen and oxygen atoms in total. The van der Waals surface area contributed by atoms with Gasteiger partial charge in [-0.1, -0.05) is 30.3 Å². The smallest absolute Gasteiger partial charge is 0.251 e. The second-order valence-electron chi connectivity index (χ2n) is 5.85. The Balaban J connectivity index is 1.54. The minimum Gasteiger partial charge on any atom is -0.345 e. The summed E-state index contributed by atoms with van der Waals surface area (Å²) in [6.07, 6.45) is 2.05. The average Bonchev–Trinajstić information content (AvgIpc) is 3.13. The van der Waals surface area contributed by atoms with Crippen molar-refractivity contribution >= 4 is 5.91 Å². The van der Waals surface area contributed by atoms with E-state index in [1.165, 1.54) is 22.3 Å². The lowest BCUT2D eigenvalue weighted by Crippen LogP contribution is -2.27. The molecule has 0 bridgehead atoms. The van der Waals surface area contributed by atoms with Crippen LogP contribution in [0.3, 0.4) is 0 Å². The Morgan fingerprint density at radius 3 is 2.86 bits per heavy atom. The first kappa shape index (κ1) is 12.6. The third-order valence-corrected chi connectivity index (χ3v) is 4.54. The SMILES string of the molecule is O=C(NC1CCc2ccccc21)c1ccc2c(c1)CNC2. The zero-order valence-corrected chi connectivity index (χ0v) is 11.9. The maximum atomic E-state index is 12.5. The van der Waals surface area contributed by atoms with Gasteiger partial charge in [0.25, 0.3) is 5.91 Å². The van der Waals surface area contributed by atoms with Gasteiger partial charge in [0.05, 0.1) is 6.04 Å². The lowest BCUT2D eigenvalue weighted by Gasteiger charge is -2.14. The van der Waals surface area contributed by atoms with Crippen LogP contribution in [0.15, 0.2) is 42.5 Å². The Bertz CT molecular complexity index is 708. The summed E-state index contributed by atoms with van der Waals surface area (Å²) in [4.78, 5) is 12.5. The molecule has 4 rings (SSSR count). The molecule has 0 spiro atoms. The molecule has 1 aliphatic heterocycles. The molecule has 21 heavy (non-hydrogen) atoms. The molecule has 3 heteroatoms. The molecule has 0 saturated carbocycles. The number of hydrogen-bond acceptors (Lipinski definition) is 2. The van der Waals surface area contributed by atoms with Gasteiger partial charge >= 0.3 is 0 Å². The number of fused-ring (bicyclic) bond motifs is 2. The predicted molar refractivity (Wildman–Crippen MR) is 82.0 cm³/mol. The molecule has 2 aromatic rings. The molecular formula is C18H18N2O. The van der Waals surface area contributed by atoms with Gasteiger partial charge in [0.15, 0.2) is 0 Å². The number of rotatable bonds is 2. The monoisotopic (exact) mass is 278 g/mol. The largest absolute Gasteiger partial charge is 0.345 e. The van der Waals surface area contributed by atoms with Gasteiger partial charge in [0.1, 0.15) is 0 Å². The zero-order chi connectivity index (χ0) is 14.2. The number of carbonyl (C=O) groups is 1. The summed E-state index contributed by atoms with van der Waals surface area (Å²) >= 11 is 0. The third kappa shape index (κ3) is 2.24. The van der Waals surface area contributed by atoms with Crippen molar-refractivity contribution in [3.63, 3.8) is 0 Å². The molecule has 2 aliphatic rings. The van der Waals surface area contributed by atoms with E-state index >= 15 is 0 Å². The highest BCUT2D eigenvalue weighted by Gasteiger charge is 2.24. The highest BCUT2D eigenvalue weighted by atomic mass is 16.1. The Kier molecular flexibility index (Phi) is 3.00. The van der Waals surface area contributed by atoms with E-state index in [-0.39, 0.29) is 11.9 Å². The van der Waals surface area contributed by atoms with Crippen molar-refractivity contribution in [1.82, 2.24) is 10.6 Å². The number of hydrogen-bond donors (Lipinski definition) is 2. The molecule has 1 heterocycles. The second-order valence-corrected chi connectivity index (χ2v) is 5.85. The van der Waals surface area contributed by atoms with Gasteiger partial charge < -0.3 is 10.6 Å². The first-order chi connectivity index (χ1) is 10.3. The topological polar surface area (TPSA) is 41.1 Å². The van der Waals surface area contributed by atoms with Crippen molar-refractivity contribution in [2.24, 2.45) is 0 Å². The van der Waals surface area contributed by atoms with Crippen molar-refractivity contribution in [2.45, 2.75) is 32.0 Å². The summed E-state index contributed by atoms with van der Waals surface area (Å²) in [5, 5.41) is 6.49. The fourth-order valence-electron chi connectivity index (χ4n) is 3.38. The second kappa shape index (κ2) is 5.01. The summed E-state index contributed by atoms with van der Waals surface area (Å²) in [6, 6.07) is 14.6. The first-order valence-electron chi connectivity index (χ1n) is 7.52. The lowest BCUT2D eigenvalue weighted by atomic mass is 10.0. The standard InChI is InChI=1S/C18H18N2O/c21-18(13-5-6-14-10-19-11-15(14)9-13)20-17-8-7-12-3-1-2-4-16(12)17/h1-6,9,17,19H,7-8,10-11H2,(H,20,21). The molecule has 0 radical (unpaired) electrons. The summed E-state index contributed by atoms with van der Waals surface area (Å²) in [5.74, 6) is 0.0337. The zero-order valence-electron chi connectivity index (χ0n) is 11.9. The van der Waals surface area contributed by atoms with Gasteiger partial charge in [-0.05, 0) is 47.2 Å². The lowest BCUT2D eigenvalue weighted by molar-refractivity contribution is 0.0936. The molecule has 1 atom stereocenters. The average molecular weight is 278 g/mol. The van der Waals surface area contributed by atoms with Gasteiger partial charge in [-0.15, -0.1) is 0 Å². The Morgan fingerprint density at radius 2 is 1.90 bits per heavy atom. The molecule has 1 amide bonds. The number of benzene rings is 2. The van der Waals surface area contributed by atoms with Crippen molar-refractivity contribution in [2.75, 3.05) is 0 Å². The van der Waals surface area contributed by atoms with E-state index in [9.17, 15) is 4.79 Å². The summed E-state index contributed by atoms with van der Waals surface area (Å²) < 4.78 is 0. The van der Waals surface area contributed by atoms with E-state index in [0.717, 1.165) is 31.5 Å². The maximum Gasteiger partial charge on any atom is 0.251 e. The highest BCUT2D eigenvalue weighted by molar-refractivity contribution is 5.94. The molecule has 0 fully saturated rings. The highest BCUT2D eigenvalue weighted by Crippen LogP contribution is 2.31. The molecule has 2 N–H and O–H groups in total. The quantitative estimate of drug-likeness (QED) is 0.887. The van der Waals surface area contributed by atoms with E-state index in [4.69, 9.17) is 0 Å². The fraction of sp³-hybridized carbons (Fsp3) is 0.278. The molecular weight excluding hydrogens is 260 g/mol. The van der Waals surface area contributed by atoms with E-state index in [1.807, 2.05) is 18.2 Å². The van der Waals surface area contributed by atoms with Crippen LogP contribution in [0.5, 0.6) is 0 Å². The van der Waals surface area contributed by atoms with Crippen molar-refractivity contribution < 1.29 is 4.79 Å². The van der Waals surface area contributed by atoms with E-state index in [2.05, 4.69) is 34.9 Å². The molecule has 2 aromatic carbocycles. The van der Waals surface area contributed by atoms with Crippen molar-refractivity contribution in [1.29, 1.82) is 0 Å². The van der Waals surface area contributed by atoms with Crippen LogP contribution in [-0.2, 0) is 19.5 Å². The van der Waals surface area contributed by atoms with Gasteiger partial charge in [-0.25, -0.2) is 0 Å². The van der Waals surface area contributed by atoms with Crippen LogP contribution in [-0.4, -0.2) is 5.91 Å². The number of carbonyl (C=O) groups excluding carboxylic acids is 1. The normalized spacial score (nSPS) is 19.1. The van der Waals surface area contributed by atoms with Crippen LogP contribution < -0.4 is 10.6 Å². The van der Waals surface area contributed by atoms with Crippen LogP contribution in [0.4, 0.5) is 0 Å². The van der Waals surface area contributed by atoms with Gasteiger partial charge in [-0.2, -0.15) is 0 Å². The molecule has 0 saturated heterocycles. The van der Waals surface area contributed by atoms with Gasteiger partial charge in [0, 0.05) is 18.7 Å². The van der Waals surface area contributed by atoms with E-state index in [0.29, 0.717) is 0 Å². The third-order valence-electron chi connectivity index (χ3n) is 4.54. The Labute approximate surface area is 124 Å². The Hall–Kier alpha value is -2.13. The fourth-order valence-corrected chi connectivity index (χ4v) is 3.38. The molecule has 0 aromatic heterocycles. The summed E-state index contributed by atoms with van der Waals surface area (Å²) in [6.45, 7) is 1.77. The van der Waals surface area contributed by atoms with E-state index < -0.39 is 0 Å². The van der Waals surface area contributed by atoms with Crippen LogP contribution >= 0.6 is 0 Å². The van der Waals surface area contributed by atoms with Crippen LogP contribution in [0.25, 0.3) is 0 Å². The molecule has 106 valence electrons. The summed E-state index contributed by atoms with van der Waals surface area (Å²) in [5.41, 5.74) is 5.95. The first-order valence-corrected chi connectivity index (χ1v) is 7.52. The van der Waals surface area contributed by atoms with Crippen LogP contribution in [0.1, 0.15) is 45.1 Å². The minimum atomic E-state index is 0.0337. The molecule has 1 aliphatic carbocycles. The van der Waals surface area contributed by atoms with Crippen molar-refractivity contribution in [3.05, 3.63) is 70.3 Å². The minimum absolute atomic E-state index is 0.0337. The van der Waals surface area contributed by atoms with E-state index in [1.54, 1.807) is 0 Å². The number of aryl methyl sites for hydroxylation is 1. The van der Waals surface area contributed by atoms with Crippen LogP contribution in [0, 0.1) is 0 Å².